The van der Waals surface area contributed by atoms with E-state index in [1.807, 2.05) is 12.1 Å². The molecule has 1 saturated carbocycles. The van der Waals surface area contributed by atoms with Gasteiger partial charge >= 0.3 is 0 Å². The molecule has 11 nitrogen and oxygen atoms in total. The second kappa shape index (κ2) is 13.0. The Labute approximate surface area is 246 Å². The van der Waals surface area contributed by atoms with Crippen LogP contribution in [0.4, 0.5) is 5.82 Å². The van der Waals surface area contributed by atoms with Crippen LogP contribution in [-0.4, -0.2) is 88.1 Å². The molecule has 42 heavy (non-hydrogen) atoms. The van der Waals surface area contributed by atoms with Crippen LogP contribution in [0.3, 0.4) is 0 Å². The van der Waals surface area contributed by atoms with Gasteiger partial charge in [-0.2, -0.15) is 0 Å². The highest BCUT2D eigenvalue weighted by Gasteiger charge is 2.27. The minimum absolute atomic E-state index is 0.119. The van der Waals surface area contributed by atoms with E-state index in [0.29, 0.717) is 24.8 Å². The Hall–Kier alpha value is -3.83. The zero-order valence-electron chi connectivity index (χ0n) is 24.1. The molecule has 0 spiro atoms. The third-order valence-corrected chi connectivity index (χ3v) is 8.74. The Bertz CT molecular complexity index is 1410. The van der Waals surface area contributed by atoms with Crippen molar-refractivity contribution < 1.29 is 14.3 Å². The minimum Gasteiger partial charge on any atom is -0.378 e. The number of hydrogen-bond donors (Lipinski definition) is 3. The SMILES string of the molecule is C=CC(=O)N[C@@H]1CCCN(Cc2ccnc(C(=O)NC3CCC(c4cc5c(N6CCOCC6)ncnc5[nH]4)CC3)c2)C1. The average molecular weight is 573 g/mol. The number of likely N-dealkylation sites (tertiary alicyclic amines) is 1. The Kier molecular flexibility index (Phi) is 8.76. The van der Waals surface area contributed by atoms with E-state index in [0.717, 1.165) is 93.7 Å². The van der Waals surface area contributed by atoms with Crippen LogP contribution >= 0.6 is 0 Å². The number of H-pyrrole nitrogens is 1. The first-order valence-corrected chi connectivity index (χ1v) is 15.1. The van der Waals surface area contributed by atoms with Crippen molar-refractivity contribution in [2.45, 2.75) is 63.1 Å². The van der Waals surface area contributed by atoms with Crippen LogP contribution in [0.25, 0.3) is 11.0 Å². The zero-order valence-corrected chi connectivity index (χ0v) is 24.1. The number of fused-ring (bicyclic) bond motifs is 1. The molecule has 2 amide bonds. The minimum atomic E-state index is -0.132. The number of nitrogens with zero attached hydrogens (tertiary/aromatic N) is 5. The van der Waals surface area contributed by atoms with Crippen LogP contribution in [0.1, 0.15) is 66.2 Å². The average Bonchev–Trinajstić information content (AvgIpc) is 3.47. The molecule has 2 aliphatic heterocycles. The molecule has 3 N–H and O–H groups in total. The molecule has 6 rings (SSSR count). The standard InChI is InChI=1S/C31H40N8O3/c1-2-28(40)35-24-4-3-11-38(19-24)18-21-9-10-32-27(16-21)31(41)36-23-7-5-22(6-8-23)26-17-25-29(37-26)33-20-34-30(25)39-12-14-42-15-13-39/h2,9-10,16-17,20,22-24H,1,3-8,11-15,18-19H2,(H,35,40)(H,36,41)(H,33,34,37)/t22?,23?,24-/m1/s1. The summed E-state index contributed by atoms with van der Waals surface area (Å²) in [7, 11) is 0. The number of pyridine rings is 1. The lowest BCUT2D eigenvalue weighted by Crippen LogP contribution is -2.46. The van der Waals surface area contributed by atoms with Gasteiger partial charge in [-0.25, -0.2) is 9.97 Å². The summed E-state index contributed by atoms with van der Waals surface area (Å²) in [4.78, 5) is 46.4. The van der Waals surface area contributed by atoms with E-state index in [4.69, 9.17) is 4.74 Å². The highest BCUT2D eigenvalue weighted by Crippen LogP contribution is 2.35. The van der Waals surface area contributed by atoms with Gasteiger partial charge in [0.2, 0.25) is 5.91 Å². The molecule has 3 fully saturated rings. The summed E-state index contributed by atoms with van der Waals surface area (Å²) in [6.45, 7) is 9.11. The van der Waals surface area contributed by atoms with Crippen LogP contribution in [0.15, 0.2) is 43.4 Å². The number of anilines is 1. The lowest BCUT2D eigenvalue weighted by molar-refractivity contribution is -0.117. The Morgan fingerprint density at radius 3 is 2.67 bits per heavy atom. The van der Waals surface area contributed by atoms with Gasteiger partial charge in [0.25, 0.3) is 5.91 Å². The Morgan fingerprint density at radius 2 is 1.86 bits per heavy atom. The Morgan fingerprint density at radius 1 is 1.02 bits per heavy atom. The number of hydrogen-bond acceptors (Lipinski definition) is 8. The van der Waals surface area contributed by atoms with Crippen molar-refractivity contribution in [3.8, 4) is 0 Å². The number of carbonyl (C=O) groups is 2. The number of rotatable bonds is 8. The molecule has 0 aromatic carbocycles. The van der Waals surface area contributed by atoms with Crippen molar-refractivity contribution in [1.29, 1.82) is 0 Å². The third kappa shape index (κ3) is 6.63. The van der Waals surface area contributed by atoms with E-state index in [1.54, 1.807) is 12.5 Å². The molecule has 3 aromatic heterocycles. The summed E-state index contributed by atoms with van der Waals surface area (Å²) in [5, 5.41) is 7.30. The van der Waals surface area contributed by atoms with Gasteiger partial charge in [-0.1, -0.05) is 6.58 Å². The van der Waals surface area contributed by atoms with E-state index in [9.17, 15) is 9.59 Å². The highest BCUT2D eigenvalue weighted by molar-refractivity contribution is 5.92. The molecule has 3 aliphatic rings. The predicted octanol–water partition coefficient (Wildman–Crippen LogP) is 2.91. The number of morpholine rings is 1. The van der Waals surface area contributed by atoms with Crippen LogP contribution in [0, 0.1) is 0 Å². The first kappa shape index (κ1) is 28.3. The van der Waals surface area contributed by atoms with Gasteiger partial charge in [0.1, 0.15) is 23.5 Å². The van der Waals surface area contributed by atoms with Gasteiger partial charge in [-0.05, 0) is 80.8 Å². The second-order valence-electron chi connectivity index (χ2n) is 11.6. The molecular formula is C31H40N8O3. The van der Waals surface area contributed by atoms with Crippen LogP contribution in [-0.2, 0) is 16.1 Å². The number of nitrogens with one attached hydrogen (secondary N) is 3. The maximum Gasteiger partial charge on any atom is 0.270 e. The topological polar surface area (TPSA) is 128 Å². The van der Waals surface area contributed by atoms with E-state index in [-0.39, 0.29) is 23.9 Å². The van der Waals surface area contributed by atoms with E-state index in [1.165, 1.54) is 11.8 Å². The maximum atomic E-state index is 13.1. The zero-order chi connectivity index (χ0) is 28.9. The molecule has 2 saturated heterocycles. The predicted molar refractivity (Wildman–Crippen MR) is 160 cm³/mol. The fraction of sp³-hybridized carbons (Fsp3) is 0.516. The van der Waals surface area contributed by atoms with Crippen molar-refractivity contribution in [3.05, 3.63) is 60.3 Å². The monoisotopic (exact) mass is 572 g/mol. The molecule has 1 atom stereocenters. The van der Waals surface area contributed by atoms with Gasteiger partial charge in [-0.15, -0.1) is 0 Å². The molecule has 3 aromatic rings. The van der Waals surface area contributed by atoms with Crippen molar-refractivity contribution in [1.82, 2.24) is 35.5 Å². The Balaban J connectivity index is 1.02. The number of aromatic amines is 1. The van der Waals surface area contributed by atoms with Crippen molar-refractivity contribution >= 4 is 28.7 Å². The van der Waals surface area contributed by atoms with Gasteiger partial charge in [0.15, 0.2) is 0 Å². The normalized spacial score (nSPS) is 23.4. The summed E-state index contributed by atoms with van der Waals surface area (Å²) in [6, 6.07) is 6.32. The van der Waals surface area contributed by atoms with E-state index in [2.05, 4.69) is 53.0 Å². The highest BCUT2D eigenvalue weighted by atomic mass is 16.5. The summed E-state index contributed by atoms with van der Waals surface area (Å²) in [5.41, 5.74) is 3.58. The fourth-order valence-corrected chi connectivity index (χ4v) is 6.53. The van der Waals surface area contributed by atoms with Crippen molar-refractivity contribution in [2.75, 3.05) is 44.3 Å². The fourth-order valence-electron chi connectivity index (χ4n) is 6.53. The van der Waals surface area contributed by atoms with Crippen molar-refractivity contribution in [2.24, 2.45) is 0 Å². The lowest BCUT2D eigenvalue weighted by atomic mass is 9.84. The number of ether oxygens (including phenoxy) is 1. The van der Waals surface area contributed by atoms with Crippen molar-refractivity contribution in [3.63, 3.8) is 0 Å². The second-order valence-corrected chi connectivity index (χ2v) is 11.6. The molecular weight excluding hydrogens is 532 g/mol. The number of piperidine rings is 1. The lowest BCUT2D eigenvalue weighted by Gasteiger charge is -2.33. The van der Waals surface area contributed by atoms with Crippen LogP contribution < -0.4 is 15.5 Å². The first-order chi connectivity index (χ1) is 20.6. The van der Waals surface area contributed by atoms with E-state index < -0.39 is 0 Å². The molecule has 1 aliphatic carbocycles. The number of carbonyl (C=O) groups excluding carboxylic acids is 2. The van der Waals surface area contributed by atoms with Crippen LogP contribution in [0.5, 0.6) is 0 Å². The van der Waals surface area contributed by atoms with Crippen LogP contribution in [0.2, 0.25) is 0 Å². The summed E-state index contributed by atoms with van der Waals surface area (Å²) in [5.74, 6) is 1.12. The smallest absolute Gasteiger partial charge is 0.270 e. The first-order valence-electron chi connectivity index (χ1n) is 15.1. The van der Waals surface area contributed by atoms with Gasteiger partial charge in [-0.3, -0.25) is 19.5 Å². The molecule has 11 heteroatoms. The summed E-state index contributed by atoms with van der Waals surface area (Å²) >= 11 is 0. The molecule has 5 heterocycles. The van der Waals surface area contributed by atoms with Gasteiger partial charge < -0.3 is 25.3 Å². The number of amides is 2. The molecule has 0 bridgehead atoms. The third-order valence-electron chi connectivity index (χ3n) is 8.74. The summed E-state index contributed by atoms with van der Waals surface area (Å²) < 4.78 is 5.51. The molecule has 0 unspecified atom stereocenters. The molecule has 0 radical (unpaired) electrons. The number of aromatic nitrogens is 4. The quantitative estimate of drug-likeness (QED) is 0.352. The van der Waals surface area contributed by atoms with Gasteiger partial charge in [0.05, 0.1) is 18.6 Å². The summed E-state index contributed by atoms with van der Waals surface area (Å²) in [6.07, 6.45) is 10.5. The largest absolute Gasteiger partial charge is 0.378 e. The molecule has 222 valence electrons. The maximum absolute atomic E-state index is 13.1. The van der Waals surface area contributed by atoms with Gasteiger partial charge in [0, 0.05) is 50.2 Å². The van der Waals surface area contributed by atoms with E-state index >= 15 is 0 Å².